The van der Waals surface area contributed by atoms with Gasteiger partial charge in [0.15, 0.2) is 0 Å². The minimum Gasteiger partial charge on any atom is -0.508 e. The minimum absolute atomic E-state index is 0.0582. The predicted octanol–water partition coefficient (Wildman–Crippen LogP) is 4.46. The SMILES string of the molecule is COC(=O)C(Cc1ccc(O)c(C(C)(C)C)c1)CC(C)(C)C. The van der Waals surface area contributed by atoms with E-state index in [4.69, 9.17) is 4.74 Å². The molecule has 0 saturated heterocycles. The molecule has 0 fully saturated rings. The number of methoxy groups -OCH3 is 1. The van der Waals surface area contributed by atoms with E-state index in [2.05, 4.69) is 41.5 Å². The van der Waals surface area contributed by atoms with Crippen LogP contribution in [0, 0.1) is 11.3 Å². The van der Waals surface area contributed by atoms with Crippen molar-refractivity contribution in [2.45, 2.75) is 59.8 Å². The third-order valence-corrected chi connectivity index (χ3v) is 3.74. The van der Waals surface area contributed by atoms with Crippen molar-refractivity contribution in [3.63, 3.8) is 0 Å². The quantitative estimate of drug-likeness (QED) is 0.836. The number of phenols is 1. The second-order valence-corrected chi connectivity index (χ2v) is 8.29. The molecule has 1 rings (SSSR count). The normalized spacial score (nSPS) is 13.8. The van der Waals surface area contributed by atoms with Crippen molar-refractivity contribution >= 4 is 5.97 Å². The summed E-state index contributed by atoms with van der Waals surface area (Å²) in [7, 11) is 1.44. The Balaban J connectivity index is 3.06. The molecule has 0 aliphatic rings. The molecule has 22 heavy (non-hydrogen) atoms. The van der Waals surface area contributed by atoms with Gasteiger partial charge in [0.05, 0.1) is 13.0 Å². The second kappa shape index (κ2) is 6.72. The van der Waals surface area contributed by atoms with Crippen LogP contribution >= 0.6 is 0 Å². The molecule has 1 unspecified atom stereocenters. The highest BCUT2D eigenvalue weighted by molar-refractivity contribution is 5.72. The number of carbonyl (C=O) groups is 1. The molecular formula is C19H30O3. The van der Waals surface area contributed by atoms with Crippen molar-refractivity contribution in [2.24, 2.45) is 11.3 Å². The van der Waals surface area contributed by atoms with E-state index in [1.54, 1.807) is 6.07 Å². The third-order valence-electron chi connectivity index (χ3n) is 3.74. The highest BCUT2D eigenvalue weighted by Crippen LogP contribution is 2.33. The van der Waals surface area contributed by atoms with Crippen LogP contribution in [0.15, 0.2) is 18.2 Å². The van der Waals surface area contributed by atoms with Crippen LogP contribution in [0.2, 0.25) is 0 Å². The average Bonchev–Trinajstić information content (AvgIpc) is 2.36. The summed E-state index contributed by atoms with van der Waals surface area (Å²) < 4.78 is 4.96. The average molecular weight is 306 g/mol. The van der Waals surface area contributed by atoms with Gasteiger partial charge >= 0.3 is 5.97 Å². The molecule has 0 aliphatic carbocycles. The van der Waals surface area contributed by atoms with Gasteiger partial charge in [-0.05, 0) is 40.9 Å². The van der Waals surface area contributed by atoms with Crippen LogP contribution < -0.4 is 0 Å². The van der Waals surface area contributed by atoms with Crippen LogP contribution in [0.25, 0.3) is 0 Å². The summed E-state index contributed by atoms with van der Waals surface area (Å²) in [5.41, 5.74) is 1.89. The molecule has 1 atom stereocenters. The van der Waals surface area contributed by atoms with Crippen molar-refractivity contribution in [3.05, 3.63) is 29.3 Å². The number of carbonyl (C=O) groups excluding carboxylic acids is 1. The lowest BCUT2D eigenvalue weighted by atomic mass is 9.80. The molecule has 0 aliphatic heterocycles. The lowest BCUT2D eigenvalue weighted by Gasteiger charge is -2.25. The van der Waals surface area contributed by atoms with Gasteiger partial charge in [0.25, 0.3) is 0 Å². The molecule has 1 aromatic rings. The van der Waals surface area contributed by atoms with Gasteiger partial charge in [0.2, 0.25) is 0 Å². The summed E-state index contributed by atoms with van der Waals surface area (Å²) >= 11 is 0. The van der Waals surface area contributed by atoms with Crippen LogP contribution in [-0.2, 0) is 21.4 Å². The number of rotatable bonds is 4. The van der Waals surface area contributed by atoms with Crippen LogP contribution in [0.1, 0.15) is 59.1 Å². The Morgan fingerprint density at radius 3 is 2.23 bits per heavy atom. The van der Waals surface area contributed by atoms with Gasteiger partial charge in [-0.3, -0.25) is 4.79 Å². The zero-order chi connectivity index (χ0) is 17.1. The first kappa shape index (κ1) is 18.5. The summed E-state index contributed by atoms with van der Waals surface area (Å²) in [4.78, 5) is 12.1. The fourth-order valence-electron chi connectivity index (χ4n) is 2.74. The fraction of sp³-hybridized carbons (Fsp3) is 0.632. The molecule has 3 nitrogen and oxygen atoms in total. The van der Waals surface area contributed by atoms with E-state index < -0.39 is 0 Å². The van der Waals surface area contributed by atoms with Crippen LogP contribution in [0.4, 0.5) is 0 Å². The third kappa shape index (κ3) is 5.36. The maximum Gasteiger partial charge on any atom is 0.309 e. The van der Waals surface area contributed by atoms with E-state index in [0.717, 1.165) is 17.5 Å². The number of esters is 1. The smallest absolute Gasteiger partial charge is 0.309 e. The minimum atomic E-state index is -0.166. The first-order valence-corrected chi connectivity index (χ1v) is 7.84. The van der Waals surface area contributed by atoms with Crippen LogP contribution in [0.5, 0.6) is 5.75 Å². The molecule has 0 amide bonds. The number of ether oxygens (including phenoxy) is 1. The van der Waals surface area contributed by atoms with Crippen LogP contribution in [0.3, 0.4) is 0 Å². The van der Waals surface area contributed by atoms with Crippen molar-refractivity contribution < 1.29 is 14.6 Å². The number of hydrogen-bond acceptors (Lipinski definition) is 3. The zero-order valence-corrected chi connectivity index (χ0v) is 15.0. The highest BCUT2D eigenvalue weighted by atomic mass is 16.5. The molecule has 0 bridgehead atoms. The van der Waals surface area contributed by atoms with Crippen molar-refractivity contribution in [1.29, 1.82) is 0 Å². The van der Waals surface area contributed by atoms with E-state index >= 15 is 0 Å². The number of hydrogen-bond donors (Lipinski definition) is 1. The fourth-order valence-corrected chi connectivity index (χ4v) is 2.74. The summed E-state index contributed by atoms with van der Waals surface area (Å²) in [6, 6.07) is 5.62. The van der Waals surface area contributed by atoms with Gasteiger partial charge in [0, 0.05) is 0 Å². The Morgan fingerprint density at radius 2 is 1.77 bits per heavy atom. The standard InChI is InChI=1S/C19H30O3/c1-18(2,3)12-14(17(21)22-7)10-13-8-9-16(20)15(11-13)19(4,5)6/h8-9,11,14,20H,10,12H2,1-7H3. The van der Waals surface area contributed by atoms with Gasteiger partial charge in [-0.15, -0.1) is 0 Å². The van der Waals surface area contributed by atoms with E-state index in [1.165, 1.54) is 7.11 Å². The molecule has 124 valence electrons. The molecule has 0 spiro atoms. The summed E-state index contributed by atoms with van der Waals surface area (Å²) in [5.74, 6) is -0.0237. The van der Waals surface area contributed by atoms with Crippen LogP contribution in [-0.4, -0.2) is 18.2 Å². The lowest BCUT2D eigenvalue weighted by molar-refractivity contribution is -0.146. The molecule has 0 heterocycles. The first-order valence-electron chi connectivity index (χ1n) is 7.84. The van der Waals surface area contributed by atoms with E-state index in [-0.39, 0.29) is 22.7 Å². The maximum absolute atomic E-state index is 12.1. The second-order valence-electron chi connectivity index (χ2n) is 8.29. The number of phenolic OH excluding ortho intramolecular Hbond substituents is 1. The first-order chi connectivity index (χ1) is 9.94. The summed E-state index contributed by atoms with van der Waals surface area (Å²) in [6.07, 6.45) is 1.40. The zero-order valence-electron chi connectivity index (χ0n) is 15.0. The van der Waals surface area contributed by atoms with Crippen molar-refractivity contribution in [3.8, 4) is 5.75 Å². The largest absolute Gasteiger partial charge is 0.508 e. The Bertz CT molecular complexity index is 518. The topological polar surface area (TPSA) is 46.5 Å². The predicted molar refractivity (Wildman–Crippen MR) is 90.1 cm³/mol. The molecule has 3 heteroatoms. The Labute approximate surface area is 134 Å². The van der Waals surface area contributed by atoms with Gasteiger partial charge < -0.3 is 9.84 Å². The van der Waals surface area contributed by atoms with E-state index in [9.17, 15) is 9.90 Å². The molecule has 1 aromatic carbocycles. The molecule has 0 saturated carbocycles. The molecular weight excluding hydrogens is 276 g/mol. The molecule has 0 aromatic heterocycles. The van der Waals surface area contributed by atoms with Gasteiger partial charge in [-0.2, -0.15) is 0 Å². The lowest BCUT2D eigenvalue weighted by Crippen LogP contribution is -2.24. The van der Waals surface area contributed by atoms with Crippen molar-refractivity contribution in [2.75, 3.05) is 7.11 Å². The highest BCUT2D eigenvalue weighted by Gasteiger charge is 2.27. The van der Waals surface area contributed by atoms with E-state index in [1.807, 2.05) is 12.1 Å². The summed E-state index contributed by atoms with van der Waals surface area (Å²) in [6.45, 7) is 12.6. The number of aromatic hydroxyl groups is 1. The number of benzene rings is 1. The molecule has 1 N–H and O–H groups in total. The van der Waals surface area contributed by atoms with Crippen molar-refractivity contribution in [1.82, 2.24) is 0 Å². The Kier molecular flexibility index (Phi) is 5.66. The van der Waals surface area contributed by atoms with Gasteiger partial charge in [-0.1, -0.05) is 53.7 Å². The Hall–Kier alpha value is -1.51. The monoisotopic (exact) mass is 306 g/mol. The van der Waals surface area contributed by atoms with Gasteiger partial charge in [-0.25, -0.2) is 0 Å². The van der Waals surface area contributed by atoms with E-state index in [0.29, 0.717) is 12.2 Å². The van der Waals surface area contributed by atoms with Gasteiger partial charge in [0.1, 0.15) is 5.75 Å². The summed E-state index contributed by atoms with van der Waals surface area (Å²) in [5, 5.41) is 10.1. The maximum atomic E-state index is 12.1. The Morgan fingerprint density at radius 1 is 1.18 bits per heavy atom. The molecule has 0 radical (unpaired) electrons.